The molecule has 0 spiro atoms. The van der Waals surface area contributed by atoms with Crippen LogP contribution in [0.1, 0.15) is 25.8 Å². The molecule has 1 amide bonds. The monoisotopic (exact) mass is 365 g/mol. The molecule has 1 N–H and O–H groups in total. The number of hydrogen-bond acceptors (Lipinski definition) is 2. The van der Waals surface area contributed by atoms with E-state index in [0.29, 0.717) is 15.8 Å². The van der Waals surface area contributed by atoms with E-state index in [1.165, 1.54) is 5.56 Å². The Morgan fingerprint density at radius 2 is 1.83 bits per heavy atom. The molecule has 2 rings (SSSR count). The third kappa shape index (κ3) is 5.73. The molecule has 0 saturated carbocycles. The highest BCUT2D eigenvalue weighted by Gasteiger charge is 2.18. The molecule has 0 aromatic heterocycles. The van der Waals surface area contributed by atoms with E-state index in [1.807, 2.05) is 25.1 Å². The van der Waals surface area contributed by atoms with E-state index in [0.717, 1.165) is 12.8 Å². The first-order chi connectivity index (χ1) is 11.5. The molecular weight excluding hydrogens is 345 g/mol. The molecule has 128 valence electrons. The molecule has 0 aliphatic heterocycles. The maximum absolute atomic E-state index is 12.2. The predicted octanol–water partition coefficient (Wildman–Crippen LogP) is 4.90. The molecule has 0 aliphatic rings. The number of ether oxygens (including phenoxy) is 1. The van der Waals surface area contributed by atoms with Gasteiger partial charge in [0.25, 0.3) is 5.91 Å². The number of aryl methyl sites for hydroxylation is 1. The summed E-state index contributed by atoms with van der Waals surface area (Å²) in [6, 6.07) is 15.2. The van der Waals surface area contributed by atoms with Gasteiger partial charge in [-0.25, -0.2) is 0 Å². The van der Waals surface area contributed by atoms with Crippen molar-refractivity contribution < 1.29 is 9.53 Å². The minimum atomic E-state index is -0.636. The summed E-state index contributed by atoms with van der Waals surface area (Å²) in [4.78, 5) is 12.2. The van der Waals surface area contributed by atoms with Crippen LogP contribution in [0.3, 0.4) is 0 Å². The second kappa shape index (κ2) is 8.95. The Bertz CT molecular complexity index is 676. The quantitative estimate of drug-likeness (QED) is 0.757. The number of hydrogen-bond donors (Lipinski definition) is 1. The Labute approximate surface area is 152 Å². The third-order valence-electron chi connectivity index (χ3n) is 3.66. The fraction of sp³-hybridized carbons (Fsp3) is 0.316. The zero-order chi connectivity index (χ0) is 17.5. The molecule has 5 heteroatoms. The van der Waals surface area contributed by atoms with E-state index in [2.05, 4.69) is 17.4 Å². The van der Waals surface area contributed by atoms with E-state index < -0.39 is 6.10 Å². The summed E-state index contributed by atoms with van der Waals surface area (Å²) in [5.74, 6) is 0.280. The number of carbonyl (C=O) groups excluding carboxylic acids is 1. The van der Waals surface area contributed by atoms with Gasteiger partial charge in [-0.2, -0.15) is 0 Å². The van der Waals surface area contributed by atoms with Gasteiger partial charge in [0.2, 0.25) is 0 Å². The lowest BCUT2D eigenvalue weighted by molar-refractivity contribution is -0.127. The zero-order valence-electron chi connectivity index (χ0n) is 13.8. The number of carbonyl (C=O) groups is 1. The van der Waals surface area contributed by atoms with Crippen molar-refractivity contribution in [3.63, 3.8) is 0 Å². The highest BCUT2D eigenvalue weighted by Crippen LogP contribution is 2.28. The van der Waals surface area contributed by atoms with Crippen LogP contribution in [0, 0.1) is 0 Å². The minimum Gasteiger partial charge on any atom is -0.479 e. The average molecular weight is 366 g/mol. The number of halogens is 2. The zero-order valence-corrected chi connectivity index (χ0v) is 15.3. The van der Waals surface area contributed by atoms with Gasteiger partial charge in [-0.3, -0.25) is 4.79 Å². The first-order valence-electron chi connectivity index (χ1n) is 7.91. The van der Waals surface area contributed by atoms with Crippen LogP contribution in [0.5, 0.6) is 5.75 Å². The number of rotatable bonds is 7. The van der Waals surface area contributed by atoms with Gasteiger partial charge in [-0.1, -0.05) is 53.5 Å². The number of nitrogens with one attached hydrogen (secondary N) is 1. The highest BCUT2D eigenvalue weighted by atomic mass is 35.5. The largest absolute Gasteiger partial charge is 0.479 e. The Morgan fingerprint density at radius 1 is 1.12 bits per heavy atom. The maximum Gasteiger partial charge on any atom is 0.260 e. The molecule has 0 heterocycles. The number of benzene rings is 2. The predicted molar refractivity (Wildman–Crippen MR) is 98.9 cm³/mol. The molecule has 0 radical (unpaired) electrons. The Balaban J connectivity index is 1.82. The molecule has 2 aromatic carbocycles. The van der Waals surface area contributed by atoms with E-state index >= 15 is 0 Å². The van der Waals surface area contributed by atoms with Crippen molar-refractivity contribution in [3.8, 4) is 5.75 Å². The molecule has 24 heavy (non-hydrogen) atoms. The minimum absolute atomic E-state index is 0.0597. The second-order valence-electron chi connectivity index (χ2n) is 5.77. The lowest BCUT2D eigenvalue weighted by Gasteiger charge is -2.19. The Kier molecular flexibility index (Phi) is 6.95. The van der Waals surface area contributed by atoms with E-state index in [1.54, 1.807) is 25.1 Å². The van der Waals surface area contributed by atoms with Crippen LogP contribution in [-0.4, -0.2) is 18.1 Å². The summed E-state index contributed by atoms with van der Waals surface area (Å²) in [7, 11) is 0. The molecule has 2 atom stereocenters. The van der Waals surface area contributed by atoms with E-state index in [4.69, 9.17) is 27.9 Å². The number of amides is 1. The summed E-state index contributed by atoms with van der Waals surface area (Å²) in [6.07, 6.45) is 1.15. The fourth-order valence-electron chi connectivity index (χ4n) is 2.27. The van der Waals surface area contributed by atoms with Crippen molar-refractivity contribution >= 4 is 29.1 Å². The Hall–Kier alpha value is -1.71. The van der Waals surface area contributed by atoms with Crippen LogP contribution >= 0.6 is 23.2 Å². The van der Waals surface area contributed by atoms with Crippen molar-refractivity contribution in [3.05, 3.63) is 64.1 Å². The smallest absolute Gasteiger partial charge is 0.260 e. The molecule has 2 aromatic rings. The molecule has 0 saturated heterocycles. The van der Waals surface area contributed by atoms with Crippen LogP contribution in [-0.2, 0) is 11.2 Å². The highest BCUT2D eigenvalue weighted by molar-refractivity contribution is 6.35. The first-order valence-corrected chi connectivity index (χ1v) is 8.67. The molecule has 0 aliphatic carbocycles. The molecule has 3 nitrogen and oxygen atoms in total. The van der Waals surface area contributed by atoms with E-state index in [9.17, 15) is 4.79 Å². The third-order valence-corrected chi connectivity index (χ3v) is 4.19. The summed E-state index contributed by atoms with van der Waals surface area (Å²) in [5.41, 5.74) is 1.26. The van der Waals surface area contributed by atoms with Crippen LogP contribution < -0.4 is 10.1 Å². The standard InChI is InChI=1S/C19H21Cl2NO2/c1-13(8-9-15-6-4-3-5-7-15)22-19(23)14(2)24-18-11-10-16(20)12-17(18)21/h3-7,10-14H,8-9H2,1-2H3,(H,22,23)/t13-,14+/m0/s1. The molecule has 0 fully saturated rings. The van der Waals surface area contributed by atoms with Gasteiger partial charge in [0.05, 0.1) is 5.02 Å². The normalized spacial score (nSPS) is 13.2. The van der Waals surface area contributed by atoms with E-state index in [-0.39, 0.29) is 11.9 Å². The summed E-state index contributed by atoms with van der Waals surface area (Å²) in [6.45, 7) is 3.69. The van der Waals surface area contributed by atoms with Gasteiger partial charge in [0.15, 0.2) is 6.10 Å². The molecular formula is C19H21Cl2NO2. The topological polar surface area (TPSA) is 38.3 Å². The van der Waals surface area contributed by atoms with Crippen LogP contribution in [0.25, 0.3) is 0 Å². The molecule has 0 unspecified atom stereocenters. The summed E-state index contributed by atoms with van der Waals surface area (Å²) < 4.78 is 5.62. The summed E-state index contributed by atoms with van der Waals surface area (Å²) >= 11 is 11.9. The lowest BCUT2D eigenvalue weighted by Crippen LogP contribution is -2.41. The van der Waals surface area contributed by atoms with Crippen molar-refractivity contribution in [1.82, 2.24) is 5.32 Å². The van der Waals surface area contributed by atoms with Gasteiger partial charge >= 0.3 is 0 Å². The first kappa shape index (κ1) is 18.6. The van der Waals surface area contributed by atoms with Gasteiger partial charge in [0, 0.05) is 11.1 Å². The van der Waals surface area contributed by atoms with Crippen LogP contribution in [0.15, 0.2) is 48.5 Å². The van der Waals surface area contributed by atoms with Crippen molar-refractivity contribution in [2.45, 2.75) is 38.8 Å². The molecule has 0 bridgehead atoms. The van der Waals surface area contributed by atoms with Crippen molar-refractivity contribution in [2.75, 3.05) is 0 Å². The van der Waals surface area contributed by atoms with Gasteiger partial charge < -0.3 is 10.1 Å². The second-order valence-corrected chi connectivity index (χ2v) is 6.61. The summed E-state index contributed by atoms with van der Waals surface area (Å²) in [5, 5.41) is 3.88. The van der Waals surface area contributed by atoms with Gasteiger partial charge in [0.1, 0.15) is 5.75 Å². The van der Waals surface area contributed by atoms with Gasteiger partial charge in [-0.05, 0) is 50.5 Å². The van der Waals surface area contributed by atoms with Crippen LogP contribution in [0.4, 0.5) is 0 Å². The fourth-order valence-corrected chi connectivity index (χ4v) is 2.73. The SMILES string of the molecule is C[C@@H](CCc1ccccc1)NC(=O)[C@@H](C)Oc1ccc(Cl)cc1Cl. The maximum atomic E-state index is 12.2. The van der Waals surface area contributed by atoms with Crippen molar-refractivity contribution in [1.29, 1.82) is 0 Å². The average Bonchev–Trinajstić information content (AvgIpc) is 2.56. The Morgan fingerprint density at radius 3 is 2.50 bits per heavy atom. The lowest BCUT2D eigenvalue weighted by atomic mass is 10.1. The van der Waals surface area contributed by atoms with Crippen molar-refractivity contribution in [2.24, 2.45) is 0 Å². The van der Waals surface area contributed by atoms with Crippen LogP contribution in [0.2, 0.25) is 10.0 Å². The van der Waals surface area contributed by atoms with Gasteiger partial charge in [-0.15, -0.1) is 0 Å².